The summed E-state index contributed by atoms with van der Waals surface area (Å²) in [6.07, 6.45) is 0.708. The highest BCUT2D eigenvalue weighted by Gasteiger charge is 2.39. The molecule has 2 aliphatic heterocycles. The molecule has 2 bridgehead atoms. The Kier molecular flexibility index (Phi) is 7.99. The topological polar surface area (TPSA) is 106 Å². The molecule has 39 heavy (non-hydrogen) atoms. The molecule has 5 rings (SSSR count). The lowest BCUT2D eigenvalue weighted by Gasteiger charge is -2.30. The van der Waals surface area contributed by atoms with Crippen LogP contribution in [0.3, 0.4) is 0 Å². The standard InChI is InChI=1S/C28H33N5O5S/c1-18(34)29-22-9-11-31(2)28(36)24-14-23(30-32(24)3)26-25(10-12-39-26)38-17-20-13-21(15-33(20)27(22)35)37-16-19-7-5-4-6-8-19/h4-8,10,12,14,20-22H,9,11,13,15-17H2,1-3H3,(H,29,34)/t20-,21-,22-/m0/s1. The van der Waals surface area contributed by atoms with Crippen LogP contribution < -0.4 is 10.1 Å². The fourth-order valence-electron chi connectivity index (χ4n) is 5.10. The van der Waals surface area contributed by atoms with Crippen LogP contribution >= 0.6 is 11.3 Å². The van der Waals surface area contributed by atoms with Gasteiger partial charge in [0.25, 0.3) is 5.91 Å². The minimum atomic E-state index is -0.781. The van der Waals surface area contributed by atoms with Gasteiger partial charge in [-0.1, -0.05) is 30.3 Å². The maximum atomic E-state index is 13.8. The van der Waals surface area contributed by atoms with Crippen molar-refractivity contribution in [3.05, 3.63) is 59.1 Å². The van der Waals surface area contributed by atoms with Crippen LogP contribution in [-0.2, 0) is 28.0 Å². The normalized spacial score (nSPS) is 22.0. The van der Waals surface area contributed by atoms with E-state index in [1.807, 2.05) is 41.8 Å². The van der Waals surface area contributed by atoms with Gasteiger partial charge in [-0.3, -0.25) is 19.1 Å². The minimum absolute atomic E-state index is 0.177. The lowest BCUT2D eigenvalue weighted by molar-refractivity contribution is -0.138. The van der Waals surface area contributed by atoms with Crippen LogP contribution in [0.5, 0.6) is 5.75 Å². The molecule has 2 aliphatic rings. The summed E-state index contributed by atoms with van der Waals surface area (Å²) in [7, 11) is 3.42. The summed E-state index contributed by atoms with van der Waals surface area (Å²) in [5.41, 5.74) is 2.16. The van der Waals surface area contributed by atoms with E-state index in [0.29, 0.717) is 36.7 Å². The molecule has 4 heterocycles. The molecule has 3 amide bonds. The number of fused-ring (bicyclic) bond motifs is 5. The molecular weight excluding hydrogens is 518 g/mol. The third kappa shape index (κ3) is 5.99. The monoisotopic (exact) mass is 551 g/mol. The van der Waals surface area contributed by atoms with Crippen molar-refractivity contribution in [2.24, 2.45) is 7.05 Å². The van der Waals surface area contributed by atoms with E-state index >= 15 is 0 Å². The Hall–Kier alpha value is -3.70. The summed E-state index contributed by atoms with van der Waals surface area (Å²) in [5, 5.41) is 9.30. The highest BCUT2D eigenvalue weighted by atomic mass is 32.1. The van der Waals surface area contributed by atoms with Crippen molar-refractivity contribution in [1.82, 2.24) is 24.9 Å². The fraction of sp³-hybridized carbons (Fsp3) is 0.429. The number of hydrogen-bond donors (Lipinski definition) is 1. The number of carbonyl (C=O) groups excluding carboxylic acids is 3. The molecule has 2 aromatic heterocycles. The van der Waals surface area contributed by atoms with E-state index in [-0.39, 0.29) is 49.4 Å². The maximum Gasteiger partial charge on any atom is 0.271 e. The maximum absolute atomic E-state index is 13.8. The SMILES string of the molecule is CC(=O)N[C@H]1CCN(C)C(=O)c2cc(nn2C)-c2sccc2OC[C@@H]2C[C@H](OCc3ccccc3)CN2C1=O. The third-order valence-corrected chi connectivity index (χ3v) is 8.07. The Morgan fingerprint density at radius 2 is 2.00 bits per heavy atom. The molecule has 1 fully saturated rings. The van der Waals surface area contributed by atoms with Gasteiger partial charge in [0.2, 0.25) is 11.8 Å². The minimum Gasteiger partial charge on any atom is -0.490 e. The van der Waals surface area contributed by atoms with Crippen molar-refractivity contribution in [3.63, 3.8) is 0 Å². The summed E-state index contributed by atoms with van der Waals surface area (Å²) in [5.74, 6) is -0.0659. The summed E-state index contributed by atoms with van der Waals surface area (Å²) in [6, 6.07) is 12.5. The molecular formula is C28H33N5O5S. The van der Waals surface area contributed by atoms with Crippen molar-refractivity contribution in [1.29, 1.82) is 0 Å². The molecule has 3 atom stereocenters. The van der Waals surface area contributed by atoms with E-state index < -0.39 is 6.04 Å². The number of hydrogen-bond acceptors (Lipinski definition) is 7. The van der Waals surface area contributed by atoms with E-state index in [4.69, 9.17) is 9.47 Å². The summed E-state index contributed by atoms with van der Waals surface area (Å²) < 4.78 is 14.1. The molecule has 0 spiro atoms. The Morgan fingerprint density at radius 3 is 2.77 bits per heavy atom. The molecule has 0 aliphatic carbocycles. The van der Waals surface area contributed by atoms with E-state index in [9.17, 15) is 14.4 Å². The van der Waals surface area contributed by atoms with Crippen molar-refractivity contribution in [2.75, 3.05) is 26.7 Å². The lowest BCUT2D eigenvalue weighted by Crippen LogP contribution is -2.52. The highest BCUT2D eigenvalue weighted by molar-refractivity contribution is 7.14. The number of carbonyl (C=O) groups is 3. The Labute approximate surface area is 231 Å². The highest BCUT2D eigenvalue weighted by Crippen LogP contribution is 2.36. The molecule has 1 saturated heterocycles. The summed E-state index contributed by atoms with van der Waals surface area (Å²) in [4.78, 5) is 43.3. The van der Waals surface area contributed by atoms with Gasteiger partial charge in [0, 0.05) is 34.1 Å². The average Bonchev–Trinajstić information content (AvgIpc) is 3.65. The van der Waals surface area contributed by atoms with Gasteiger partial charge in [-0.2, -0.15) is 5.10 Å². The largest absolute Gasteiger partial charge is 0.490 e. The number of amides is 3. The number of benzene rings is 1. The van der Waals surface area contributed by atoms with E-state index in [1.54, 1.807) is 34.6 Å². The molecule has 11 heteroatoms. The summed E-state index contributed by atoms with van der Waals surface area (Å²) in [6.45, 7) is 2.78. The third-order valence-electron chi connectivity index (χ3n) is 7.16. The number of nitrogens with one attached hydrogen (secondary N) is 1. The smallest absolute Gasteiger partial charge is 0.271 e. The van der Waals surface area contributed by atoms with Crippen molar-refractivity contribution in [3.8, 4) is 16.3 Å². The van der Waals surface area contributed by atoms with Crippen molar-refractivity contribution >= 4 is 29.1 Å². The van der Waals surface area contributed by atoms with Crippen LogP contribution in [0.2, 0.25) is 0 Å². The Bertz CT molecular complexity index is 1340. The van der Waals surface area contributed by atoms with Crippen molar-refractivity contribution in [2.45, 2.75) is 44.6 Å². The van der Waals surface area contributed by atoms with Crippen LogP contribution in [0.4, 0.5) is 0 Å². The first-order valence-electron chi connectivity index (χ1n) is 13.0. The first-order valence-corrected chi connectivity index (χ1v) is 13.9. The first kappa shape index (κ1) is 26.9. The quantitative estimate of drug-likeness (QED) is 0.535. The van der Waals surface area contributed by atoms with Gasteiger partial charge in [0.15, 0.2) is 0 Å². The number of nitrogens with zero attached hydrogens (tertiary/aromatic N) is 4. The fourth-order valence-corrected chi connectivity index (χ4v) is 5.89. The number of aryl methyl sites for hydroxylation is 1. The second kappa shape index (κ2) is 11.6. The Morgan fingerprint density at radius 1 is 1.21 bits per heavy atom. The van der Waals surface area contributed by atoms with Crippen molar-refractivity contribution < 1.29 is 23.9 Å². The zero-order chi connectivity index (χ0) is 27.5. The van der Waals surface area contributed by atoms with Gasteiger partial charge in [0.1, 0.15) is 29.8 Å². The number of ether oxygens (including phenoxy) is 2. The van der Waals surface area contributed by atoms with Crippen LogP contribution in [-0.4, -0.2) is 82.2 Å². The van der Waals surface area contributed by atoms with Gasteiger partial charge in [-0.15, -0.1) is 11.3 Å². The summed E-state index contributed by atoms with van der Waals surface area (Å²) >= 11 is 1.49. The second-order valence-electron chi connectivity index (χ2n) is 10.0. The van der Waals surface area contributed by atoms with Gasteiger partial charge < -0.3 is 24.6 Å². The van der Waals surface area contributed by atoms with Crippen LogP contribution in [0.25, 0.3) is 10.6 Å². The molecule has 0 saturated carbocycles. The lowest BCUT2D eigenvalue weighted by atomic mass is 10.1. The molecule has 0 unspecified atom stereocenters. The molecule has 10 nitrogen and oxygen atoms in total. The molecule has 0 radical (unpaired) electrons. The van der Waals surface area contributed by atoms with E-state index in [2.05, 4.69) is 10.4 Å². The molecule has 206 valence electrons. The Balaban J connectivity index is 1.43. The van der Waals surface area contributed by atoms with Crippen LogP contribution in [0.1, 0.15) is 35.8 Å². The first-order chi connectivity index (χ1) is 18.8. The molecule has 1 N–H and O–H groups in total. The zero-order valence-electron chi connectivity index (χ0n) is 22.3. The van der Waals surface area contributed by atoms with Gasteiger partial charge in [-0.25, -0.2) is 0 Å². The van der Waals surface area contributed by atoms with E-state index in [1.165, 1.54) is 18.3 Å². The van der Waals surface area contributed by atoms with Gasteiger partial charge in [-0.05, 0) is 35.9 Å². The second-order valence-corrected chi connectivity index (χ2v) is 10.9. The zero-order valence-corrected chi connectivity index (χ0v) is 23.1. The predicted molar refractivity (Wildman–Crippen MR) is 146 cm³/mol. The number of rotatable bonds is 4. The molecule has 1 aromatic carbocycles. The predicted octanol–water partition coefficient (Wildman–Crippen LogP) is 2.69. The van der Waals surface area contributed by atoms with Crippen LogP contribution in [0.15, 0.2) is 47.8 Å². The van der Waals surface area contributed by atoms with Gasteiger partial charge in [0.05, 0.1) is 23.6 Å². The van der Waals surface area contributed by atoms with Crippen LogP contribution in [0, 0.1) is 0 Å². The number of thiophene rings is 1. The average molecular weight is 552 g/mol. The van der Waals surface area contributed by atoms with E-state index in [0.717, 1.165) is 10.4 Å². The number of aromatic nitrogens is 2. The molecule has 3 aromatic rings. The van der Waals surface area contributed by atoms with Gasteiger partial charge >= 0.3 is 0 Å².